The summed E-state index contributed by atoms with van der Waals surface area (Å²) in [6.45, 7) is 2.93. The number of carbonyl (C=O) groups is 1. The number of carbonyl (C=O) groups excluding carboxylic acids is 1. The van der Waals surface area contributed by atoms with Gasteiger partial charge in [-0.05, 0) is 36.6 Å². The molecular weight excluding hydrogens is 248 g/mol. The van der Waals surface area contributed by atoms with Crippen molar-refractivity contribution in [3.05, 3.63) is 64.5 Å². The van der Waals surface area contributed by atoms with E-state index in [1.807, 2.05) is 17.0 Å². The number of pyridine rings is 1. The van der Waals surface area contributed by atoms with Crippen LogP contribution >= 0.6 is 0 Å². The molecule has 0 saturated carbocycles. The van der Waals surface area contributed by atoms with E-state index in [1.54, 1.807) is 6.20 Å². The predicted molar refractivity (Wildman–Crippen MR) is 76.6 cm³/mol. The fourth-order valence-corrected chi connectivity index (χ4v) is 3.44. The molecule has 1 atom stereocenters. The molecule has 0 saturated heterocycles. The summed E-state index contributed by atoms with van der Waals surface area (Å²) in [7, 11) is 0. The Balaban J connectivity index is 1.84. The van der Waals surface area contributed by atoms with E-state index in [4.69, 9.17) is 0 Å². The monoisotopic (exact) mass is 264 g/mol. The van der Waals surface area contributed by atoms with E-state index < -0.39 is 0 Å². The second kappa shape index (κ2) is 4.17. The number of hydrogen-bond acceptors (Lipinski definition) is 2. The maximum absolute atomic E-state index is 12.6. The minimum Gasteiger partial charge on any atom is -0.331 e. The number of nitrogens with zero attached hydrogens (tertiary/aromatic N) is 2. The van der Waals surface area contributed by atoms with E-state index in [0.717, 1.165) is 30.6 Å². The van der Waals surface area contributed by atoms with Gasteiger partial charge in [0.05, 0.1) is 17.3 Å². The third kappa shape index (κ3) is 1.59. The summed E-state index contributed by atoms with van der Waals surface area (Å²) in [5, 5.41) is 0. The molecule has 3 heteroatoms. The molecule has 0 bridgehead atoms. The van der Waals surface area contributed by atoms with Crippen molar-refractivity contribution in [3.63, 3.8) is 0 Å². The number of amides is 1. The van der Waals surface area contributed by atoms with E-state index in [1.165, 1.54) is 16.7 Å². The zero-order valence-electron chi connectivity index (χ0n) is 11.5. The summed E-state index contributed by atoms with van der Waals surface area (Å²) >= 11 is 0. The molecule has 4 rings (SSSR count). The number of hydrogen-bond donors (Lipinski definition) is 0. The zero-order chi connectivity index (χ0) is 13.7. The topological polar surface area (TPSA) is 33.2 Å². The van der Waals surface area contributed by atoms with Crippen molar-refractivity contribution < 1.29 is 4.79 Å². The summed E-state index contributed by atoms with van der Waals surface area (Å²) in [4.78, 5) is 19.0. The fourth-order valence-electron chi connectivity index (χ4n) is 3.44. The molecule has 0 fully saturated rings. The molecule has 0 spiro atoms. The predicted octanol–water partition coefficient (Wildman–Crippen LogP) is 2.69. The van der Waals surface area contributed by atoms with Crippen LogP contribution in [0.15, 0.2) is 36.5 Å². The van der Waals surface area contributed by atoms with Crippen LogP contribution in [0.1, 0.15) is 38.8 Å². The Kier molecular flexibility index (Phi) is 2.43. The van der Waals surface area contributed by atoms with Gasteiger partial charge in [0.25, 0.3) is 5.91 Å². The lowest BCUT2D eigenvalue weighted by molar-refractivity contribution is 0.0629. The van der Waals surface area contributed by atoms with Crippen LogP contribution in [-0.4, -0.2) is 22.3 Å². The van der Waals surface area contributed by atoms with Gasteiger partial charge in [0, 0.05) is 19.2 Å². The maximum atomic E-state index is 12.6. The van der Waals surface area contributed by atoms with Crippen LogP contribution in [0.25, 0.3) is 0 Å². The normalized spacial score (nSPS) is 20.1. The number of aromatic nitrogens is 1. The molecule has 0 aliphatic carbocycles. The molecule has 2 aliphatic rings. The van der Waals surface area contributed by atoms with Gasteiger partial charge in [0.2, 0.25) is 0 Å². The fraction of sp³-hybridized carbons (Fsp3) is 0.294. The highest BCUT2D eigenvalue weighted by Crippen LogP contribution is 2.37. The van der Waals surface area contributed by atoms with Gasteiger partial charge in [0.15, 0.2) is 0 Å². The van der Waals surface area contributed by atoms with E-state index in [-0.39, 0.29) is 11.9 Å². The highest BCUT2D eigenvalue weighted by Gasteiger charge is 2.37. The van der Waals surface area contributed by atoms with Gasteiger partial charge in [-0.1, -0.05) is 23.8 Å². The second-order valence-corrected chi connectivity index (χ2v) is 5.67. The van der Waals surface area contributed by atoms with Gasteiger partial charge in [-0.2, -0.15) is 0 Å². The standard InChI is InChI=1S/C17H16N2O/c1-11-4-5-13-12(9-11)6-8-19-16(13)10-15-14(17(19)20)3-2-7-18-15/h2-5,7,9,16H,6,8,10H2,1H3/t16-/m0/s1. The van der Waals surface area contributed by atoms with Gasteiger partial charge >= 0.3 is 0 Å². The van der Waals surface area contributed by atoms with Crippen molar-refractivity contribution in [2.45, 2.75) is 25.8 Å². The van der Waals surface area contributed by atoms with E-state index in [0.29, 0.717) is 0 Å². The van der Waals surface area contributed by atoms with Crippen LogP contribution < -0.4 is 0 Å². The molecular formula is C17H16N2O. The molecule has 1 amide bonds. The Labute approximate surface area is 118 Å². The molecule has 2 aliphatic heterocycles. The first-order chi connectivity index (χ1) is 9.74. The minimum absolute atomic E-state index is 0.135. The average molecular weight is 264 g/mol. The zero-order valence-corrected chi connectivity index (χ0v) is 11.5. The van der Waals surface area contributed by atoms with Crippen molar-refractivity contribution in [1.82, 2.24) is 9.88 Å². The lowest BCUT2D eigenvalue weighted by Crippen LogP contribution is -2.44. The molecule has 0 N–H and O–H groups in total. The number of benzene rings is 1. The number of rotatable bonds is 0. The van der Waals surface area contributed by atoms with Gasteiger partial charge in [-0.3, -0.25) is 9.78 Å². The Morgan fingerprint density at radius 2 is 2.20 bits per heavy atom. The number of fused-ring (bicyclic) bond motifs is 4. The third-order valence-electron chi connectivity index (χ3n) is 4.42. The largest absolute Gasteiger partial charge is 0.331 e. The van der Waals surface area contributed by atoms with Crippen LogP contribution in [0.4, 0.5) is 0 Å². The molecule has 1 aromatic carbocycles. The average Bonchev–Trinajstić information content (AvgIpc) is 2.47. The first-order valence-corrected chi connectivity index (χ1v) is 7.08. The smallest absolute Gasteiger partial charge is 0.256 e. The van der Waals surface area contributed by atoms with Crippen molar-refractivity contribution in [3.8, 4) is 0 Å². The van der Waals surface area contributed by atoms with Crippen LogP contribution in [0.2, 0.25) is 0 Å². The lowest BCUT2D eigenvalue weighted by Gasteiger charge is -2.40. The molecule has 0 radical (unpaired) electrons. The Bertz CT molecular complexity index is 708. The Morgan fingerprint density at radius 3 is 3.10 bits per heavy atom. The van der Waals surface area contributed by atoms with Crippen molar-refractivity contribution in [1.29, 1.82) is 0 Å². The highest BCUT2D eigenvalue weighted by atomic mass is 16.2. The second-order valence-electron chi connectivity index (χ2n) is 5.67. The molecule has 3 heterocycles. The highest BCUT2D eigenvalue weighted by molar-refractivity contribution is 5.96. The van der Waals surface area contributed by atoms with Crippen molar-refractivity contribution >= 4 is 5.91 Å². The van der Waals surface area contributed by atoms with Gasteiger partial charge in [-0.15, -0.1) is 0 Å². The molecule has 1 aromatic heterocycles. The van der Waals surface area contributed by atoms with Crippen molar-refractivity contribution in [2.75, 3.05) is 6.54 Å². The first kappa shape index (κ1) is 11.6. The summed E-state index contributed by atoms with van der Waals surface area (Å²) in [5.41, 5.74) is 5.69. The summed E-state index contributed by atoms with van der Waals surface area (Å²) < 4.78 is 0. The molecule has 20 heavy (non-hydrogen) atoms. The van der Waals surface area contributed by atoms with E-state index >= 15 is 0 Å². The lowest BCUT2D eigenvalue weighted by atomic mass is 9.85. The van der Waals surface area contributed by atoms with E-state index in [2.05, 4.69) is 30.1 Å². The Morgan fingerprint density at radius 1 is 1.30 bits per heavy atom. The first-order valence-electron chi connectivity index (χ1n) is 7.08. The quantitative estimate of drug-likeness (QED) is 0.733. The van der Waals surface area contributed by atoms with Gasteiger partial charge < -0.3 is 4.90 Å². The molecule has 0 unspecified atom stereocenters. The van der Waals surface area contributed by atoms with Crippen LogP contribution in [0, 0.1) is 6.92 Å². The molecule has 3 nitrogen and oxygen atoms in total. The summed E-state index contributed by atoms with van der Waals surface area (Å²) in [6.07, 6.45) is 3.56. The van der Waals surface area contributed by atoms with Gasteiger partial charge in [0.1, 0.15) is 0 Å². The van der Waals surface area contributed by atoms with Gasteiger partial charge in [-0.25, -0.2) is 0 Å². The summed E-state index contributed by atoms with van der Waals surface area (Å²) in [5.74, 6) is 0.135. The van der Waals surface area contributed by atoms with Crippen molar-refractivity contribution in [2.24, 2.45) is 0 Å². The SMILES string of the molecule is Cc1ccc2c(c1)CCN1C(=O)c3cccnc3C[C@@H]21. The Hall–Kier alpha value is -2.16. The van der Waals surface area contributed by atoms with Crippen LogP contribution in [0.3, 0.4) is 0 Å². The molecule has 100 valence electrons. The minimum atomic E-state index is 0.135. The third-order valence-corrected chi connectivity index (χ3v) is 4.42. The van der Waals surface area contributed by atoms with E-state index in [9.17, 15) is 4.79 Å². The summed E-state index contributed by atoms with van der Waals surface area (Å²) in [6, 6.07) is 10.5. The maximum Gasteiger partial charge on any atom is 0.256 e. The van der Waals surface area contributed by atoms with Crippen LogP contribution in [-0.2, 0) is 12.8 Å². The molecule has 2 aromatic rings. The van der Waals surface area contributed by atoms with Crippen LogP contribution in [0.5, 0.6) is 0 Å². The number of aryl methyl sites for hydroxylation is 1.